The highest BCUT2D eigenvalue weighted by molar-refractivity contribution is 6.33. The Hall–Kier alpha value is -2.72. The molecule has 3 heterocycles. The van der Waals surface area contributed by atoms with E-state index in [1.807, 2.05) is 40.8 Å². The maximum absolute atomic E-state index is 12.8. The summed E-state index contributed by atoms with van der Waals surface area (Å²) in [6.07, 6.45) is 0. The Morgan fingerprint density at radius 3 is 2.64 bits per heavy atom. The summed E-state index contributed by atoms with van der Waals surface area (Å²) in [5, 5.41) is 12.3. The van der Waals surface area contributed by atoms with Crippen molar-refractivity contribution in [3.05, 3.63) is 58.9 Å². The van der Waals surface area contributed by atoms with E-state index in [1.54, 1.807) is 19.9 Å². The third-order valence-electron chi connectivity index (χ3n) is 5.43. The smallest absolute Gasteiger partial charge is 0.240 e. The largest absolute Gasteiger partial charge is 0.378 e. The topological polar surface area (TPSA) is 107 Å². The second kappa shape index (κ2) is 10.0. The zero-order valence-electron chi connectivity index (χ0n) is 18.8. The molecule has 0 aliphatic carbocycles. The molecule has 1 atom stereocenters. The van der Waals surface area contributed by atoms with Crippen molar-refractivity contribution >= 4 is 29.0 Å². The zero-order valence-corrected chi connectivity index (χ0v) is 19.6. The first kappa shape index (κ1) is 23.4. The van der Waals surface area contributed by atoms with Gasteiger partial charge in [-0.05, 0) is 31.5 Å². The van der Waals surface area contributed by atoms with Crippen LogP contribution in [-0.2, 0) is 20.9 Å². The summed E-state index contributed by atoms with van der Waals surface area (Å²) >= 11 is 6.64. The molecule has 1 saturated heterocycles. The van der Waals surface area contributed by atoms with Gasteiger partial charge in [0.25, 0.3) is 0 Å². The molecule has 0 radical (unpaired) electrons. The summed E-state index contributed by atoms with van der Waals surface area (Å²) in [5.41, 5.74) is 6.64. The lowest BCUT2D eigenvalue weighted by Gasteiger charge is -2.31. The molecule has 1 aliphatic heterocycles. The molecule has 3 aromatic rings. The third kappa shape index (κ3) is 5.44. The number of carbonyl (C=O) groups is 1. The van der Waals surface area contributed by atoms with Gasteiger partial charge in [0.15, 0.2) is 11.5 Å². The molecule has 0 saturated carbocycles. The summed E-state index contributed by atoms with van der Waals surface area (Å²) < 4.78 is 13.4. The Bertz CT molecular complexity index is 1090. The zero-order chi connectivity index (χ0) is 23.4. The number of nitrogens with zero attached hydrogens (tertiary/aromatic N) is 4. The number of amides is 1. The number of nitrogens with two attached hydrogens (primary N) is 1. The van der Waals surface area contributed by atoms with Crippen LogP contribution < -0.4 is 16.0 Å². The molecular formula is C23H29ClN6O3. The van der Waals surface area contributed by atoms with Gasteiger partial charge in [0.2, 0.25) is 5.91 Å². The fraction of sp³-hybridized carbons (Fsp3) is 0.435. The lowest BCUT2D eigenvalue weighted by atomic mass is 10.1. The molecule has 176 valence electrons. The van der Waals surface area contributed by atoms with Crippen molar-refractivity contribution in [1.29, 1.82) is 0 Å². The van der Waals surface area contributed by atoms with Gasteiger partial charge < -0.3 is 25.4 Å². The van der Waals surface area contributed by atoms with Crippen LogP contribution in [0.1, 0.15) is 31.3 Å². The highest BCUT2D eigenvalue weighted by Gasteiger charge is 2.30. The van der Waals surface area contributed by atoms with Crippen molar-refractivity contribution in [1.82, 2.24) is 19.9 Å². The van der Waals surface area contributed by atoms with E-state index in [-0.39, 0.29) is 12.5 Å². The quantitative estimate of drug-likeness (QED) is 0.518. The third-order valence-corrected chi connectivity index (χ3v) is 5.72. The normalized spacial score (nSPS) is 15.6. The van der Waals surface area contributed by atoms with Crippen molar-refractivity contribution in [2.45, 2.75) is 32.0 Å². The number of benzene rings is 1. The van der Waals surface area contributed by atoms with Crippen LogP contribution in [0.3, 0.4) is 0 Å². The second-order valence-corrected chi connectivity index (χ2v) is 9.01. The number of halogens is 1. The summed E-state index contributed by atoms with van der Waals surface area (Å²) in [7, 11) is 0. The van der Waals surface area contributed by atoms with E-state index in [0.29, 0.717) is 49.4 Å². The molecule has 4 rings (SSSR count). The van der Waals surface area contributed by atoms with E-state index in [1.165, 1.54) is 0 Å². The average molecular weight is 473 g/mol. The van der Waals surface area contributed by atoms with E-state index < -0.39 is 11.6 Å². The summed E-state index contributed by atoms with van der Waals surface area (Å²) in [6.45, 7) is 6.48. The fourth-order valence-corrected chi connectivity index (χ4v) is 3.92. The molecule has 0 bridgehead atoms. The number of ether oxygens (including phenoxy) is 2. The molecule has 3 N–H and O–H groups in total. The van der Waals surface area contributed by atoms with Gasteiger partial charge >= 0.3 is 0 Å². The molecule has 10 heteroatoms. The summed E-state index contributed by atoms with van der Waals surface area (Å²) in [5.74, 6) is 0.981. The highest BCUT2D eigenvalue weighted by atomic mass is 35.5. The lowest BCUT2D eigenvalue weighted by molar-refractivity contribution is -0.126. The molecular weight excluding hydrogens is 444 g/mol. The molecule has 1 aliphatic rings. The van der Waals surface area contributed by atoms with Crippen LogP contribution in [0, 0.1) is 0 Å². The van der Waals surface area contributed by atoms with Crippen LogP contribution >= 0.6 is 11.6 Å². The maximum atomic E-state index is 12.8. The Kier molecular flexibility index (Phi) is 7.14. The predicted octanol–water partition coefficient (Wildman–Crippen LogP) is 2.33. The minimum absolute atomic E-state index is 0.187. The first-order chi connectivity index (χ1) is 15.8. The molecule has 1 fully saturated rings. The van der Waals surface area contributed by atoms with Gasteiger partial charge in [-0.1, -0.05) is 41.9 Å². The number of carbonyl (C=O) groups excluding carboxylic acids is 1. The standard InChI is InChI=1S/C23H29ClN6O3/c1-23(2,25)22(31)26-18(15-33-14-16-6-4-3-5-7-16)20-28-27-19-9-8-17(24)21(30(19)20)29-10-12-32-13-11-29/h3-9,18H,10-15,25H2,1-2H3,(H,26,31)/t18-/m1/s1. The number of hydrogen-bond donors (Lipinski definition) is 2. The molecule has 1 aromatic carbocycles. The lowest BCUT2D eigenvalue weighted by Crippen LogP contribution is -2.51. The molecule has 0 unspecified atom stereocenters. The van der Waals surface area contributed by atoms with Gasteiger partial charge in [-0.15, -0.1) is 10.2 Å². The number of pyridine rings is 1. The van der Waals surface area contributed by atoms with E-state index >= 15 is 0 Å². The maximum Gasteiger partial charge on any atom is 0.240 e. The predicted molar refractivity (Wildman–Crippen MR) is 126 cm³/mol. The van der Waals surface area contributed by atoms with Gasteiger partial charge in [0.05, 0.1) is 37.0 Å². The minimum Gasteiger partial charge on any atom is -0.378 e. The number of morpholine rings is 1. The number of aromatic nitrogens is 3. The minimum atomic E-state index is -1.07. The van der Waals surface area contributed by atoms with E-state index in [9.17, 15) is 4.79 Å². The van der Waals surface area contributed by atoms with Crippen LogP contribution in [0.5, 0.6) is 0 Å². The summed E-state index contributed by atoms with van der Waals surface area (Å²) in [4.78, 5) is 14.9. The van der Waals surface area contributed by atoms with Gasteiger partial charge in [0.1, 0.15) is 11.9 Å². The molecule has 9 nitrogen and oxygen atoms in total. The molecule has 0 spiro atoms. The van der Waals surface area contributed by atoms with Gasteiger partial charge in [-0.25, -0.2) is 0 Å². The van der Waals surface area contributed by atoms with E-state index in [0.717, 1.165) is 11.4 Å². The number of rotatable bonds is 8. The van der Waals surface area contributed by atoms with Gasteiger partial charge in [-0.2, -0.15) is 0 Å². The fourth-order valence-electron chi connectivity index (χ4n) is 3.65. The van der Waals surface area contributed by atoms with Gasteiger partial charge in [0, 0.05) is 13.1 Å². The SMILES string of the molecule is CC(C)(N)C(=O)N[C@H](COCc1ccccc1)c1nnc2ccc(Cl)c(N3CCOCC3)n12. The number of nitrogens with one attached hydrogen (secondary N) is 1. The highest BCUT2D eigenvalue weighted by Crippen LogP contribution is 2.30. The molecule has 1 amide bonds. The van der Waals surface area contributed by atoms with E-state index in [4.69, 9.17) is 26.8 Å². The second-order valence-electron chi connectivity index (χ2n) is 8.60. The first-order valence-electron chi connectivity index (χ1n) is 10.9. The Morgan fingerprint density at radius 2 is 1.94 bits per heavy atom. The van der Waals surface area contributed by atoms with Gasteiger partial charge in [-0.3, -0.25) is 9.20 Å². The van der Waals surface area contributed by atoms with Crippen LogP contribution in [0.4, 0.5) is 5.82 Å². The number of anilines is 1. The van der Waals surface area contributed by atoms with Crippen LogP contribution in [0.25, 0.3) is 5.65 Å². The molecule has 2 aromatic heterocycles. The van der Waals surface area contributed by atoms with Crippen LogP contribution in [0.2, 0.25) is 5.02 Å². The Labute approximate surface area is 197 Å². The van der Waals surface area contributed by atoms with Crippen molar-refractivity contribution in [3.8, 4) is 0 Å². The monoisotopic (exact) mass is 472 g/mol. The Balaban J connectivity index is 1.68. The van der Waals surface area contributed by atoms with Crippen molar-refractivity contribution in [2.24, 2.45) is 5.73 Å². The first-order valence-corrected chi connectivity index (χ1v) is 11.3. The molecule has 33 heavy (non-hydrogen) atoms. The van der Waals surface area contributed by atoms with Crippen molar-refractivity contribution < 1.29 is 14.3 Å². The number of hydrogen-bond acceptors (Lipinski definition) is 7. The van der Waals surface area contributed by atoms with E-state index in [2.05, 4.69) is 20.4 Å². The Morgan fingerprint density at radius 1 is 1.21 bits per heavy atom. The van der Waals surface area contributed by atoms with Crippen molar-refractivity contribution in [2.75, 3.05) is 37.8 Å². The van der Waals surface area contributed by atoms with Crippen molar-refractivity contribution in [3.63, 3.8) is 0 Å². The summed E-state index contributed by atoms with van der Waals surface area (Å²) in [6, 6.07) is 12.9. The van der Waals surface area contributed by atoms with Crippen LogP contribution in [-0.4, -0.2) is 59.0 Å². The van der Waals surface area contributed by atoms with Crippen LogP contribution in [0.15, 0.2) is 42.5 Å². The average Bonchev–Trinajstić information content (AvgIpc) is 3.23. The number of fused-ring (bicyclic) bond motifs is 1.